The molecule has 1 nitrogen and oxygen atoms in total. The fraction of sp³-hybridized carbons (Fsp3) is 0.579. The first kappa shape index (κ1) is 19.0. The maximum absolute atomic E-state index is 13.4. The first-order chi connectivity index (χ1) is 11.5. The van der Waals surface area contributed by atoms with Crippen LogP contribution in [0.5, 0.6) is 0 Å². The summed E-state index contributed by atoms with van der Waals surface area (Å²) in [5, 5.41) is 0. The lowest BCUT2D eigenvalue weighted by molar-refractivity contribution is -0.102. The number of hydrogen-bond donors (Lipinski definition) is 0. The lowest BCUT2D eigenvalue weighted by atomic mass is 9.77. The molecular weight excluding hydrogens is 320 g/mol. The van der Waals surface area contributed by atoms with E-state index in [4.69, 9.17) is 4.74 Å². The molecule has 0 spiro atoms. The average molecular weight is 344 g/mol. The van der Waals surface area contributed by atoms with Crippen molar-refractivity contribution >= 4 is 0 Å². The quantitative estimate of drug-likeness (QED) is 0.422. The van der Waals surface area contributed by atoms with E-state index in [0.29, 0.717) is 24.3 Å². The van der Waals surface area contributed by atoms with Gasteiger partial charge in [-0.15, -0.1) is 6.58 Å². The van der Waals surface area contributed by atoms with Gasteiger partial charge in [0.25, 0.3) is 6.43 Å². The Balaban J connectivity index is 1.88. The van der Waals surface area contributed by atoms with Crippen LogP contribution in [0.2, 0.25) is 0 Å². The van der Waals surface area contributed by atoms with Gasteiger partial charge in [0.2, 0.25) is 0 Å². The molecule has 0 bridgehead atoms. The number of alkyl halides is 2. The minimum Gasteiger partial charge on any atom is -0.367 e. The van der Waals surface area contributed by atoms with Crippen molar-refractivity contribution in [1.29, 1.82) is 0 Å². The van der Waals surface area contributed by atoms with E-state index >= 15 is 0 Å². The van der Waals surface area contributed by atoms with E-state index in [-0.39, 0.29) is 12.5 Å². The van der Waals surface area contributed by atoms with Crippen LogP contribution in [0.15, 0.2) is 30.9 Å². The van der Waals surface area contributed by atoms with Gasteiger partial charge in [0.15, 0.2) is 11.6 Å². The molecule has 0 amide bonds. The SMILES string of the molecule is C=CCCC1CCC(C(OCc2ccc(F)c(F)c2)C(F)F)CC1. The second-order valence-corrected chi connectivity index (χ2v) is 6.51. The number of hydrogen-bond acceptors (Lipinski definition) is 1. The fourth-order valence-electron chi connectivity index (χ4n) is 3.40. The standard InChI is InChI=1S/C19H24F4O/c1-2-3-4-13-5-8-15(9-6-13)18(19(22)23)24-12-14-7-10-16(20)17(21)11-14/h2,7,10-11,13,15,18-19H,1,3-6,8-9,12H2. The maximum Gasteiger partial charge on any atom is 0.264 e. The van der Waals surface area contributed by atoms with Crippen molar-refractivity contribution < 1.29 is 22.3 Å². The molecule has 0 saturated heterocycles. The summed E-state index contributed by atoms with van der Waals surface area (Å²) in [6.45, 7) is 3.57. The van der Waals surface area contributed by atoms with Gasteiger partial charge in [-0.2, -0.15) is 0 Å². The van der Waals surface area contributed by atoms with Gasteiger partial charge in [-0.3, -0.25) is 0 Å². The molecule has 0 N–H and O–H groups in total. The summed E-state index contributed by atoms with van der Waals surface area (Å²) in [4.78, 5) is 0. The van der Waals surface area contributed by atoms with E-state index in [9.17, 15) is 17.6 Å². The molecule has 2 rings (SSSR count). The highest BCUT2D eigenvalue weighted by molar-refractivity contribution is 5.16. The van der Waals surface area contributed by atoms with Crippen molar-refractivity contribution in [3.8, 4) is 0 Å². The van der Waals surface area contributed by atoms with Crippen LogP contribution >= 0.6 is 0 Å². The molecule has 1 aliphatic carbocycles. The Morgan fingerprint density at radius 1 is 1.12 bits per heavy atom. The van der Waals surface area contributed by atoms with Crippen molar-refractivity contribution in [1.82, 2.24) is 0 Å². The molecule has 134 valence electrons. The van der Waals surface area contributed by atoms with Crippen molar-refractivity contribution in [2.45, 2.75) is 57.7 Å². The fourth-order valence-corrected chi connectivity index (χ4v) is 3.40. The summed E-state index contributed by atoms with van der Waals surface area (Å²) in [6.07, 6.45) is 3.46. The molecule has 1 unspecified atom stereocenters. The summed E-state index contributed by atoms with van der Waals surface area (Å²) in [5.41, 5.74) is 0.360. The molecule has 1 atom stereocenters. The van der Waals surface area contributed by atoms with Gasteiger partial charge in [-0.05, 0) is 55.2 Å². The van der Waals surface area contributed by atoms with Crippen LogP contribution in [-0.4, -0.2) is 12.5 Å². The van der Waals surface area contributed by atoms with Crippen LogP contribution in [0.4, 0.5) is 17.6 Å². The van der Waals surface area contributed by atoms with Gasteiger partial charge < -0.3 is 4.74 Å². The third-order valence-electron chi connectivity index (χ3n) is 4.81. The molecule has 1 saturated carbocycles. The molecule has 0 heterocycles. The maximum atomic E-state index is 13.4. The molecule has 1 fully saturated rings. The normalized spacial score (nSPS) is 22.5. The lowest BCUT2D eigenvalue weighted by Gasteiger charge is -2.33. The van der Waals surface area contributed by atoms with Gasteiger partial charge in [0, 0.05) is 0 Å². The molecule has 1 aromatic carbocycles. The molecule has 1 aliphatic rings. The van der Waals surface area contributed by atoms with E-state index in [2.05, 4.69) is 6.58 Å². The summed E-state index contributed by atoms with van der Waals surface area (Å²) in [6, 6.07) is 3.33. The zero-order valence-corrected chi connectivity index (χ0v) is 13.7. The summed E-state index contributed by atoms with van der Waals surface area (Å²) < 4.78 is 58.2. The molecule has 0 aromatic heterocycles. The van der Waals surface area contributed by atoms with Crippen molar-refractivity contribution in [2.24, 2.45) is 11.8 Å². The lowest BCUT2D eigenvalue weighted by Crippen LogP contribution is -2.34. The van der Waals surface area contributed by atoms with Gasteiger partial charge in [0.1, 0.15) is 6.10 Å². The molecule has 0 radical (unpaired) electrons. The Labute approximate surface area is 140 Å². The van der Waals surface area contributed by atoms with E-state index in [1.54, 1.807) is 0 Å². The highest BCUT2D eigenvalue weighted by Gasteiger charge is 2.33. The summed E-state index contributed by atoms with van der Waals surface area (Å²) in [5.74, 6) is -1.56. The van der Waals surface area contributed by atoms with Crippen LogP contribution in [-0.2, 0) is 11.3 Å². The number of benzene rings is 1. The van der Waals surface area contributed by atoms with Crippen LogP contribution < -0.4 is 0 Å². The number of halogens is 4. The molecule has 5 heteroatoms. The minimum atomic E-state index is -2.58. The van der Waals surface area contributed by atoms with Crippen molar-refractivity contribution in [3.63, 3.8) is 0 Å². The highest BCUT2D eigenvalue weighted by Crippen LogP contribution is 2.36. The predicted octanol–water partition coefficient (Wildman–Crippen LogP) is 5.89. The monoisotopic (exact) mass is 344 g/mol. The topological polar surface area (TPSA) is 9.23 Å². The van der Waals surface area contributed by atoms with Crippen molar-refractivity contribution in [2.75, 3.05) is 0 Å². The second kappa shape index (κ2) is 9.21. The first-order valence-corrected chi connectivity index (χ1v) is 8.45. The van der Waals surface area contributed by atoms with Crippen LogP contribution in [0.3, 0.4) is 0 Å². The number of ether oxygens (including phenoxy) is 1. The zero-order valence-electron chi connectivity index (χ0n) is 13.7. The smallest absolute Gasteiger partial charge is 0.264 e. The Hall–Kier alpha value is -1.36. The third-order valence-corrected chi connectivity index (χ3v) is 4.81. The number of allylic oxidation sites excluding steroid dienone is 1. The Kier molecular flexibility index (Phi) is 7.28. The van der Waals surface area contributed by atoms with Crippen LogP contribution in [0, 0.1) is 23.5 Å². The molecule has 24 heavy (non-hydrogen) atoms. The van der Waals surface area contributed by atoms with Gasteiger partial charge in [-0.1, -0.05) is 25.0 Å². The summed E-state index contributed by atoms with van der Waals surface area (Å²) >= 11 is 0. The first-order valence-electron chi connectivity index (χ1n) is 8.45. The minimum absolute atomic E-state index is 0.136. The van der Waals surface area contributed by atoms with E-state index in [1.165, 1.54) is 6.07 Å². The van der Waals surface area contributed by atoms with Crippen molar-refractivity contribution in [3.05, 3.63) is 48.1 Å². The Morgan fingerprint density at radius 3 is 2.42 bits per heavy atom. The van der Waals surface area contributed by atoms with E-state index in [0.717, 1.165) is 37.8 Å². The largest absolute Gasteiger partial charge is 0.367 e. The average Bonchev–Trinajstić information content (AvgIpc) is 2.57. The van der Waals surface area contributed by atoms with E-state index < -0.39 is 24.2 Å². The second-order valence-electron chi connectivity index (χ2n) is 6.51. The predicted molar refractivity (Wildman–Crippen MR) is 85.8 cm³/mol. The molecule has 1 aromatic rings. The molecular formula is C19H24F4O. The van der Waals surface area contributed by atoms with Crippen LogP contribution in [0.1, 0.15) is 44.1 Å². The highest BCUT2D eigenvalue weighted by atomic mass is 19.3. The Morgan fingerprint density at radius 2 is 1.83 bits per heavy atom. The zero-order chi connectivity index (χ0) is 17.5. The van der Waals surface area contributed by atoms with Gasteiger partial charge in [-0.25, -0.2) is 17.6 Å². The molecule has 0 aliphatic heterocycles. The van der Waals surface area contributed by atoms with Gasteiger partial charge in [0.05, 0.1) is 6.61 Å². The van der Waals surface area contributed by atoms with Gasteiger partial charge >= 0.3 is 0 Å². The van der Waals surface area contributed by atoms with E-state index in [1.807, 2.05) is 6.08 Å². The summed E-state index contributed by atoms with van der Waals surface area (Å²) in [7, 11) is 0. The third kappa shape index (κ3) is 5.33. The Bertz CT molecular complexity index is 524. The van der Waals surface area contributed by atoms with Crippen LogP contribution in [0.25, 0.3) is 0 Å². The number of rotatable bonds is 8.